The van der Waals surface area contributed by atoms with Crippen LogP contribution in [0.15, 0.2) is 30.6 Å². The van der Waals surface area contributed by atoms with Crippen molar-refractivity contribution in [3.8, 4) is 11.4 Å². The second kappa shape index (κ2) is 10.6. The maximum Gasteiger partial charge on any atom is 0.159 e. The molecule has 1 unspecified atom stereocenters. The minimum Gasteiger partial charge on any atom is -0.312 e. The number of hydrogen-bond donors (Lipinski definition) is 1. The molecule has 4 fully saturated rings. The monoisotopic (exact) mass is 447 g/mol. The van der Waals surface area contributed by atoms with Gasteiger partial charge in [0.25, 0.3) is 0 Å². The molecule has 1 N–H and O–H groups in total. The molecule has 3 saturated heterocycles. The van der Waals surface area contributed by atoms with E-state index >= 15 is 0 Å². The molecule has 0 aromatic carbocycles. The number of hydrogen-bond acceptors (Lipinski definition) is 5. The van der Waals surface area contributed by atoms with Crippen LogP contribution in [0.25, 0.3) is 11.4 Å². The van der Waals surface area contributed by atoms with E-state index in [1.807, 2.05) is 24.5 Å². The Bertz CT molecular complexity index is 890. The lowest BCUT2D eigenvalue weighted by Gasteiger charge is -2.50. The van der Waals surface area contributed by atoms with Gasteiger partial charge >= 0.3 is 0 Å². The van der Waals surface area contributed by atoms with Crippen LogP contribution in [0.4, 0.5) is 0 Å². The molecule has 2 aromatic heterocycles. The first-order chi connectivity index (χ1) is 16.2. The van der Waals surface area contributed by atoms with Crippen molar-refractivity contribution in [1.29, 1.82) is 0 Å². The van der Waals surface area contributed by atoms with Crippen LogP contribution >= 0.6 is 0 Å². The zero-order chi connectivity index (χ0) is 22.6. The van der Waals surface area contributed by atoms with E-state index in [4.69, 9.17) is 9.97 Å². The molecule has 178 valence electrons. The van der Waals surface area contributed by atoms with Gasteiger partial charge in [-0.25, -0.2) is 9.97 Å². The van der Waals surface area contributed by atoms with E-state index < -0.39 is 0 Å². The molecule has 6 rings (SSSR count). The molecule has 5 nitrogen and oxygen atoms in total. The first-order valence-corrected chi connectivity index (χ1v) is 13.5. The molecule has 4 atom stereocenters. The van der Waals surface area contributed by atoms with Crippen molar-refractivity contribution >= 4 is 0 Å². The van der Waals surface area contributed by atoms with Crippen LogP contribution in [-0.2, 0) is 0 Å². The van der Waals surface area contributed by atoms with E-state index in [0.717, 1.165) is 42.7 Å². The molecule has 0 radical (unpaired) electrons. The number of aromatic nitrogens is 3. The average molecular weight is 448 g/mol. The van der Waals surface area contributed by atoms with Crippen molar-refractivity contribution < 1.29 is 0 Å². The molecule has 2 aromatic rings. The predicted molar refractivity (Wildman–Crippen MR) is 134 cm³/mol. The smallest absolute Gasteiger partial charge is 0.159 e. The summed E-state index contributed by atoms with van der Waals surface area (Å²) in [6, 6.07) is 7.88. The Hall–Kier alpha value is -1.85. The SMILES string of the molecule is CCC(CC)c1cc([C@H]2CN3CC[C@H]2C[C@@H]3CNC2CCCCC2)nc(-c2ccncc2)n1. The van der Waals surface area contributed by atoms with Crippen LogP contribution in [0.5, 0.6) is 0 Å². The lowest BCUT2D eigenvalue weighted by Crippen LogP contribution is -2.56. The van der Waals surface area contributed by atoms with Gasteiger partial charge in [-0.1, -0.05) is 33.1 Å². The zero-order valence-corrected chi connectivity index (χ0v) is 20.5. The number of nitrogens with one attached hydrogen (secondary N) is 1. The van der Waals surface area contributed by atoms with E-state index in [1.54, 1.807) is 0 Å². The molecule has 1 aliphatic carbocycles. The number of piperidine rings is 3. The maximum atomic E-state index is 5.16. The summed E-state index contributed by atoms with van der Waals surface area (Å²) in [5.41, 5.74) is 3.57. The molecule has 4 aliphatic rings. The minimum atomic E-state index is 0.501. The quantitative estimate of drug-likeness (QED) is 0.576. The van der Waals surface area contributed by atoms with E-state index in [-0.39, 0.29) is 0 Å². The van der Waals surface area contributed by atoms with Crippen molar-refractivity contribution in [1.82, 2.24) is 25.2 Å². The van der Waals surface area contributed by atoms with Gasteiger partial charge in [-0.3, -0.25) is 9.88 Å². The summed E-state index contributed by atoms with van der Waals surface area (Å²) in [6.07, 6.45) is 15.5. The van der Waals surface area contributed by atoms with Gasteiger partial charge in [0.05, 0.1) is 0 Å². The van der Waals surface area contributed by atoms with Gasteiger partial charge < -0.3 is 5.32 Å². The van der Waals surface area contributed by atoms with Gasteiger partial charge in [0.15, 0.2) is 5.82 Å². The molecular weight excluding hydrogens is 406 g/mol. The fourth-order valence-electron chi connectivity index (χ4n) is 6.52. The maximum absolute atomic E-state index is 5.16. The number of fused-ring (bicyclic) bond motifs is 3. The van der Waals surface area contributed by atoms with Crippen LogP contribution in [0, 0.1) is 5.92 Å². The van der Waals surface area contributed by atoms with Gasteiger partial charge in [0, 0.05) is 66.4 Å². The minimum absolute atomic E-state index is 0.501. The van der Waals surface area contributed by atoms with Crippen molar-refractivity contribution in [2.75, 3.05) is 19.6 Å². The second-order valence-electron chi connectivity index (χ2n) is 10.6. The lowest BCUT2D eigenvalue weighted by atomic mass is 9.73. The third-order valence-electron chi connectivity index (χ3n) is 8.61. The summed E-state index contributed by atoms with van der Waals surface area (Å²) < 4.78 is 0. The molecule has 5 heterocycles. The topological polar surface area (TPSA) is 53.9 Å². The summed E-state index contributed by atoms with van der Waals surface area (Å²) in [7, 11) is 0. The van der Waals surface area contributed by atoms with Gasteiger partial charge in [0.2, 0.25) is 0 Å². The number of pyridine rings is 1. The van der Waals surface area contributed by atoms with E-state index in [0.29, 0.717) is 17.9 Å². The first kappa shape index (κ1) is 22.9. The molecule has 33 heavy (non-hydrogen) atoms. The van der Waals surface area contributed by atoms with Crippen LogP contribution in [-0.4, -0.2) is 51.6 Å². The Labute approximate surface area is 199 Å². The average Bonchev–Trinajstić information content (AvgIpc) is 2.89. The van der Waals surface area contributed by atoms with Crippen LogP contribution < -0.4 is 5.32 Å². The summed E-state index contributed by atoms with van der Waals surface area (Å²) in [4.78, 5) is 17.1. The lowest BCUT2D eigenvalue weighted by molar-refractivity contribution is 0.0276. The zero-order valence-electron chi connectivity index (χ0n) is 20.5. The molecular formula is C28H41N5. The van der Waals surface area contributed by atoms with Gasteiger partial charge in [0.1, 0.15) is 0 Å². The van der Waals surface area contributed by atoms with E-state index in [9.17, 15) is 0 Å². The van der Waals surface area contributed by atoms with E-state index in [2.05, 4.69) is 35.1 Å². The van der Waals surface area contributed by atoms with Crippen molar-refractivity contribution in [3.63, 3.8) is 0 Å². The highest BCUT2D eigenvalue weighted by atomic mass is 15.2. The number of rotatable bonds is 8. The van der Waals surface area contributed by atoms with Gasteiger partial charge in [-0.15, -0.1) is 0 Å². The Morgan fingerprint density at radius 2 is 1.82 bits per heavy atom. The summed E-state index contributed by atoms with van der Waals surface area (Å²) in [5, 5.41) is 3.93. The highest BCUT2D eigenvalue weighted by molar-refractivity contribution is 5.54. The van der Waals surface area contributed by atoms with Crippen molar-refractivity contribution in [3.05, 3.63) is 42.0 Å². The highest BCUT2D eigenvalue weighted by Crippen LogP contribution is 2.42. The van der Waals surface area contributed by atoms with Crippen molar-refractivity contribution in [2.24, 2.45) is 5.92 Å². The Balaban J connectivity index is 1.35. The highest BCUT2D eigenvalue weighted by Gasteiger charge is 2.41. The molecule has 1 saturated carbocycles. The molecule has 0 spiro atoms. The molecule has 0 amide bonds. The van der Waals surface area contributed by atoms with Crippen molar-refractivity contribution in [2.45, 2.75) is 95.6 Å². The third-order valence-corrected chi connectivity index (χ3v) is 8.61. The molecule has 3 aliphatic heterocycles. The normalized spacial score (nSPS) is 27.8. The second-order valence-corrected chi connectivity index (χ2v) is 10.6. The predicted octanol–water partition coefficient (Wildman–Crippen LogP) is 5.54. The van der Waals surface area contributed by atoms with E-state index in [1.165, 1.54) is 69.4 Å². The Morgan fingerprint density at radius 3 is 2.52 bits per heavy atom. The largest absolute Gasteiger partial charge is 0.312 e. The first-order valence-electron chi connectivity index (χ1n) is 13.5. The fourth-order valence-corrected chi connectivity index (χ4v) is 6.52. The van der Waals surface area contributed by atoms with Gasteiger partial charge in [-0.05, 0) is 69.2 Å². The van der Waals surface area contributed by atoms with Crippen LogP contribution in [0.2, 0.25) is 0 Å². The summed E-state index contributed by atoms with van der Waals surface area (Å²) in [6.45, 7) is 8.12. The Morgan fingerprint density at radius 1 is 1.03 bits per heavy atom. The molecule has 5 heteroatoms. The standard InChI is InChI=1S/C28H41N5/c1-3-20(4-2)26-17-27(32-28(31-26)21-10-13-29-14-11-21)25-19-33-15-12-22(25)16-24(33)18-30-23-8-6-5-7-9-23/h10-11,13-14,17,20,22-25,30H,3-9,12,15-16,18-19H2,1-2H3/t22-,24+,25-/m0/s1. The third kappa shape index (κ3) is 5.14. The number of nitrogens with zero attached hydrogens (tertiary/aromatic N) is 4. The van der Waals surface area contributed by atoms with Gasteiger partial charge in [-0.2, -0.15) is 0 Å². The summed E-state index contributed by atoms with van der Waals surface area (Å²) in [5.74, 6) is 2.65. The fraction of sp³-hybridized carbons (Fsp3) is 0.679. The van der Waals surface area contributed by atoms with Crippen LogP contribution in [0.3, 0.4) is 0 Å². The Kier molecular flexibility index (Phi) is 7.37. The van der Waals surface area contributed by atoms with Crippen LogP contribution in [0.1, 0.15) is 94.9 Å². The summed E-state index contributed by atoms with van der Waals surface area (Å²) >= 11 is 0. The molecule has 2 bridgehead atoms.